The van der Waals surface area contributed by atoms with E-state index in [1.54, 1.807) is 0 Å². The van der Waals surface area contributed by atoms with Crippen LogP contribution in [0.5, 0.6) is 0 Å². The van der Waals surface area contributed by atoms with Gasteiger partial charge in [-0.15, -0.1) is 0 Å². The molecule has 284 valence electrons. The lowest BCUT2D eigenvalue weighted by molar-refractivity contribution is -0.157. The summed E-state index contributed by atoms with van der Waals surface area (Å²) >= 11 is 0. The van der Waals surface area contributed by atoms with Crippen molar-refractivity contribution in [1.82, 2.24) is 9.62 Å². The average molecular weight is 738 g/mol. The van der Waals surface area contributed by atoms with Crippen molar-refractivity contribution < 1.29 is 56.0 Å². The van der Waals surface area contributed by atoms with Gasteiger partial charge in [-0.1, -0.05) is 44.2 Å². The third-order valence-electron chi connectivity index (χ3n) is 7.54. The minimum atomic E-state index is -4.19. The van der Waals surface area contributed by atoms with Crippen molar-refractivity contribution in [1.29, 1.82) is 0 Å². The fourth-order valence-corrected chi connectivity index (χ4v) is 6.69. The first-order chi connectivity index (χ1) is 24.5. The smallest absolute Gasteiger partial charge is 0.407 e. The SMILES string of the molecule is COCCOCC(=O)Nc1ccc(S(=O)(=O)N(CC(C)C)CC(OC(=O)COCCOC)[C@H](Cc2ccccc2)NC(=O)OC2CCOC2)cc1. The number of alkyl carbamates (subject to hydrolysis) is 1. The van der Waals surface area contributed by atoms with Gasteiger partial charge in [0.1, 0.15) is 25.4 Å². The molecule has 1 fully saturated rings. The van der Waals surface area contributed by atoms with Gasteiger partial charge in [0, 0.05) is 32.9 Å². The highest BCUT2D eigenvalue weighted by molar-refractivity contribution is 7.89. The lowest BCUT2D eigenvalue weighted by atomic mass is 10.0. The lowest BCUT2D eigenvalue weighted by Crippen LogP contribution is -2.53. The number of benzene rings is 2. The molecular weight excluding hydrogens is 686 g/mol. The number of hydrogen-bond acceptors (Lipinski definition) is 12. The maximum atomic E-state index is 14.2. The standard InChI is InChI=1S/C35H51N3O12S/c1-26(2)21-38(51(42,43)30-12-10-28(11-13-30)36-33(39)24-47-18-16-44-3)22-32(50-34(40)25-48-19-17-45-4)31(20-27-8-6-5-7-9-27)37-35(41)49-29-14-15-46-23-29/h5-13,26,29,31-32H,14-25H2,1-4H3,(H,36,39)(H,37,41)/t29?,31-,32?/m0/s1. The second-order valence-corrected chi connectivity index (χ2v) is 14.2. The zero-order valence-electron chi connectivity index (χ0n) is 29.7. The predicted octanol–water partition coefficient (Wildman–Crippen LogP) is 2.64. The molecule has 2 amide bonds. The van der Waals surface area contributed by atoms with Crippen LogP contribution in [0.3, 0.4) is 0 Å². The zero-order chi connectivity index (χ0) is 37.1. The molecule has 0 saturated carbocycles. The van der Waals surface area contributed by atoms with Crippen molar-refractivity contribution in [3.8, 4) is 0 Å². The Labute approximate surface area is 300 Å². The van der Waals surface area contributed by atoms with Crippen molar-refractivity contribution in [3.05, 3.63) is 60.2 Å². The van der Waals surface area contributed by atoms with Gasteiger partial charge < -0.3 is 43.8 Å². The summed E-state index contributed by atoms with van der Waals surface area (Å²) in [4.78, 5) is 38.5. The number of esters is 1. The van der Waals surface area contributed by atoms with Gasteiger partial charge in [0.05, 0.1) is 57.1 Å². The molecule has 16 heteroatoms. The molecule has 2 aromatic carbocycles. The maximum absolute atomic E-state index is 14.2. The molecule has 15 nitrogen and oxygen atoms in total. The van der Waals surface area contributed by atoms with E-state index < -0.39 is 52.8 Å². The number of sulfonamides is 1. The number of anilines is 1. The summed E-state index contributed by atoms with van der Waals surface area (Å²) < 4.78 is 67.0. The van der Waals surface area contributed by atoms with Crippen LogP contribution >= 0.6 is 0 Å². The first kappa shape index (κ1) is 41.8. The molecule has 3 atom stereocenters. The fraction of sp³-hybridized carbons (Fsp3) is 0.571. The van der Waals surface area contributed by atoms with E-state index >= 15 is 0 Å². The van der Waals surface area contributed by atoms with Gasteiger partial charge in [-0.05, 0) is 42.2 Å². The van der Waals surface area contributed by atoms with Crippen LogP contribution in [0.15, 0.2) is 59.5 Å². The summed E-state index contributed by atoms with van der Waals surface area (Å²) in [7, 11) is -1.16. The van der Waals surface area contributed by atoms with Gasteiger partial charge in [-0.25, -0.2) is 18.0 Å². The summed E-state index contributed by atoms with van der Waals surface area (Å²) in [5.74, 6) is -1.28. The summed E-state index contributed by atoms with van der Waals surface area (Å²) in [5.41, 5.74) is 1.19. The van der Waals surface area contributed by atoms with Gasteiger partial charge in [-0.3, -0.25) is 4.79 Å². The van der Waals surface area contributed by atoms with Crippen LogP contribution in [-0.2, 0) is 59.2 Å². The highest BCUT2D eigenvalue weighted by Crippen LogP contribution is 2.22. The summed E-state index contributed by atoms with van der Waals surface area (Å²) in [6.45, 7) is 4.62. The molecule has 2 aromatic rings. The molecule has 2 unspecified atom stereocenters. The zero-order valence-corrected chi connectivity index (χ0v) is 30.6. The number of ether oxygens (including phenoxy) is 7. The van der Waals surface area contributed by atoms with E-state index in [9.17, 15) is 22.8 Å². The Morgan fingerprint density at radius 3 is 2.18 bits per heavy atom. The molecule has 0 spiro atoms. The van der Waals surface area contributed by atoms with Crippen LogP contribution in [0.1, 0.15) is 25.8 Å². The summed E-state index contributed by atoms with van der Waals surface area (Å²) in [6, 6.07) is 14.0. The normalized spacial score (nSPS) is 15.8. The van der Waals surface area contributed by atoms with Crippen LogP contribution in [0.2, 0.25) is 0 Å². The number of carbonyl (C=O) groups excluding carboxylic acids is 3. The molecule has 1 saturated heterocycles. The highest BCUT2D eigenvalue weighted by atomic mass is 32.2. The molecule has 0 bridgehead atoms. The van der Waals surface area contributed by atoms with E-state index in [-0.39, 0.29) is 63.4 Å². The molecule has 3 rings (SSSR count). The molecule has 51 heavy (non-hydrogen) atoms. The Bertz CT molecular complexity index is 1440. The third kappa shape index (κ3) is 15.2. The fourth-order valence-electron chi connectivity index (χ4n) is 5.08. The average Bonchev–Trinajstić information content (AvgIpc) is 3.61. The van der Waals surface area contributed by atoms with Gasteiger partial charge in [0.15, 0.2) is 0 Å². The Morgan fingerprint density at radius 1 is 0.902 bits per heavy atom. The van der Waals surface area contributed by atoms with E-state index in [1.165, 1.54) is 42.8 Å². The second kappa shape index (κ2) is 22.3. The van der Waals surface area contributed by atoms with Gasteiger partial charge in [0.2, 0.25) is 15.9 Å². The van der Waals surface area contributed by atoms with Gasteiger partial charge in [0.25, 0.3) is 0 Å². The van der Waals surface area contributed by atoms with Crippen molar-refractivity contribution in [3.63, 3.8) is 0 Å². The first-order valence-corrected chi connectivity index (χ1v) is 18.3. The monoisotopic (exact) mass is 737 g/mol. The second-order valence-electron chi connectivity index (χ2n) is 12.2. The molecular formula is C35H51N3O12S. The Kier molecular flexibility index (Phi) is 18.3. The van der Waals surface area contributed by atoms with Crippen molar-refractivity contribution in [2.45, 2.75) is 49.8 Å². The molecule has 0 aliphatic carbocycles. The van der Waals surface area contributed by atoms with Crippen molar-refractivity contribution in [2.75, 3.05) is 85.5 Å². The lowest BCUT2D eigenvalue weighted by Gasteiger charge is -2.33. The molecule has 1 aliphatic heterocycles. The first-order valence-electron chi connectivity index (χ1n) is 16.8. The quantitative estimate of drug-likeness (QED) is 0.126. The van der Waals surface area contributed by atoms with Crippen molar-refractivity contribution >= 4 is 33.7 Å². The largest absolute Gasteiger partial charge is 0.457 e. The van der Waals surface area contributed by atoms with E-state index in [4.69, 9.17) is 33.2 Å². The summed E-state index contributed by atoms with van der Waals surface area (Å²) in [5, 5.41) is 5.51. The van der Waals surface area contributed by atoms with Crippen LogP contribution < -0.4 is 10.6 Å². The molecule has 0 aromatic heterocycles. The van der Waals surface area contributed by atoms with Crippen LogP contribution in [0.25, 0.3) is 0 Å². The summed E-state index contributed by atoms with van der Waals surface area (Å²) in [6.07, 6.45) is -1.62. The molecule has 0 radical (unpaired) electrons. The number of rotatable bonds is 23. The van der Waals surface area contributed by atoms with E-state index in [2.05, 4.69) is 10.6 Å². The highest BCUT2D eigenvalue weighted by Gasteiger charge is 2.35. The Balaban J connectivity index is 1.89. The topological polar surface area (TPSA) is 177 Å². The van der Waals surface area contributed by atoms with Crippen molar-refractivity contribution in [2.24, 2.45) is 5.92 Å². The molecule has 1 heterocycles. The number of hydrogen-bond donors (Lipinski definition) is 2. The maximum Gasteiger partial charge on any atom is 0.407 e. The van der Waals surface area contributed by atoms with E-state index in [0.717, 1.165) is 5.56 Å². The number of amides is 2. The van der Waals surface area contributed by atoms with Crippen LogP contribution in [0.4, 0.5) is 10.5 Å². The number of methoxy groups -OCH3 is 2. The van der Waals surface area contributed by atoms with E-state index in [0.29, 0.717) is 25.3 Å². The van der Waals surface area contributed by atoms with Crippen LogP contribution in [-0.4, -0.2) is 129 Å². The number of nitrogens with zero attached hydrogens (tertiary/aromatic N) is 1. The number of nitrogens with one attached hydrogen (secondary N) is 2. The Morgan fingerprint density at radius 2 is 1.57 bits per heavy atom. The Hall–Kier alpha value is -3.64. The molecule has 2 N–H and O–H groups in total. The minimum absolute atomic E-state index is 0.0429. The predicted molar refractivity (Wildman–Crippen MR) is 187 cm³/mol. The van der Waals surface area contributed by atoms with E-state index in [1.807, 2.05) is 44.2 Å². The van der Waals surface area contributed by atoms with Crippen LogP contribution in [0, 0.1) is 5.92 Å². The van der Waals surface area contributed by atoms with Gasteiger partial charge >= 0.3 is 12.1 Å². The van der Waals surface area contributed by atoms with Gasteiger partial charge in [-0.2, -0.15) is 4.31 Å². The third-order valence-corrected chi connectivity index (χ3v) is 9.39. The minimum Gasteiger partial charge on any atom is -0.457 e. The number of carbonyl (C=O) groups is 3. The molecule has 1 aliphatic rings.